The smallest absolute Gasteiger partial charge is 0.463 e. The largest absolute Gasteiger partial charge is 0.513 e. The maximum Gasteiger partial charge on any atom is 0.513 e. The van der Waals surface area contributed by atoms with Gasteiger partial charge in [0, 0.05) is 44.6 Å². The lowest BCUT2D eigenvalue weighted by atomic mass is 10.1. The van der Waals surface area contributed by atoms with Crippen molar-refractivity contribution < 1.29 is 71.4 Å². The molecule has 0 amide bonds. The van der Waals surface area contributed by atoms with E-state index in [0.717, 1.165) is 0 Å². The predicted octanol–water partition coefficient (Wildman–Crippen LogP) is 7.60. The van der Waals surface area contributed by atoms with Gasteiger partial charge in [-0.3, -0.25) is 14.4 Å². The van der Waals surface area contributed by atoms with Crippen LogP contribution in [-0.2, 0) is 42.8 Å². The van der Waals surface area contributed by atoms with E-state index in [-0.39, 0.29) is 87.1 Å². The Labute approximate surface area is 308 Å². The Kier molecular flexibility index (Phi) is 19.6. The molecule has 0 saturated heterocycles. The van der Waals surface area contributed by atoms with E-state index in [1.165, 1.54) is 18.2 Å². The van der Waals surface area contributed by atoms with Gasteiger partial charge in [-0.15, -0.1) is 0 Å². The number of carbonyl (C=O) groups is 6. The van der Waals surface area contributed by atoms with Gasteiger partial charge < -0.3 is 42.6 Å². The Hall–Kier alpha value is -5.60. The highest BCUT2D eigenvalue weighted by atomic mass is 16.7. The fourth-order valence-corrected chi connectivity index (χ4v) is 4.05. The number of carbonyl (C=O) groups excluding carboxylic acids is 6. The van der Waals surface area contributed by atoms with E-state index in [4.69, 9.17) is 42.6 Å². The molecule has 0 saturated carbocycles. The summed E-state index contributed by atoms with van der Waals surface area (Å²) in [6, 6.07) is 10.8. The first-order valence-electron chi connectivity index (χ1n) is 17.4. The molecular weight excluding hydrogens is 696 g/mol. The van der Waals surface area contributed by atoms with Crippen LogP contribution >= 0.6 is 0 Å². The van der Waals surface area contributed by atoms with Crippen LogP contribution in [0, 0.1) is 0 Å². The normalized spacial score (nSPS) is 12.4. The molecule has 53 heavy (non-hydrogen) atoms. The molecule has 0 aliphatic rings. The second-order valence-corrected chi connectivity index (χ2v) is 11.6. The molecule has 0 heterocycles. The first kappa shape index (κ1) is 43.6. The van der Waals surface area contributed by atoms with Gasteiger partial charge in [0.05, 0.1) is 19.8 Å². The van der Waals surface area contributed by atoms with Crippen molar-refractivity contribution in [2.75, 3.05) is 19.8 Å². The maximum absolute atomic E-state index is 12.4. The molecule has 0 aliphatic heterocycles. The van der Waals surface area contributed by atoms with Gasteiger partial charge in [-0.1, -0.05) is 45.1 Å². The minimum atomic E-state index is -1.03. The van der Waals surface area contributed by atoms with Gasteiger partial charge in [-0.25, -0.2) is 14.4 Å². The van der Waals surface area contributed by atoms with E-state index >= 15 is 0 Å². The van der Waals surface area contributed by atoms with Crippen molar-refractivity contribution in [1.29, 1.82) is 0 Å². The summed E-state index contributed by atoms with van der Waals surface area (Å²) in [5.41, 5.74) is 1.15. The molecule has 0 fully saturated rings. The quantitative estimate of drug-likeness (QED) is 0.0558. The summed E-state index contributed by atoms with van der Waals surface area (Å²) in [5, 5.41) is 0. The molecule has 290 valence electrons. The van der Waals surface area contributed by atoms with Crippen molar-refractivity contribution in [3.8, 4) is 17.2 Å². The molecule has 0 N–H and O–H groups in total. The highest BCUT2D eigenvalue weighted by Crippen LogP contribution is 2.26. The van der Waals surface area contributed by atoms with Gasteiger partial charge in [-0.05, 0) is 56.2 Å². The Balaban J connectivity index is 2.06. The molecule has 2 aromatic rings. The second kappa shape index (κ2) is 23.8. The van der Waals surface area contributed by atoms with E-state index in [1.54, 1.807) is 78.0 Å². The van der Waals surface area contributed by atoms with Gasteiger partial charge in [0.15, 0.2) is 0 Å². The standard InChI is InChI=1S/C38H48O15/c1-7-33(39)48-25(4)16-19-45-36(42)51-30-14-12-28(13-15-30)10-11-29-22-31(52-37(43)46-20-17-26(5)49-34(40)8-2)24-32(23-29)53-38(44)47-21-18-27(6)50-35(41)9-3/h10-15,22-27H,7-9,16-21H2,1-6H3/b11-10+/t25-,26-,27-/m1/s1. The molecule has 0 aliphatic carbocycles. The molecule has 0 spiro atoms. The number of benzene rings is 2. The molecule has 0 unspecified atom stereocenters. The van der Waals surface area contributed by atoms with E-state index < -0.39 is 36.8 Å². The van der Waals surface area contributed by atoms with E-state index in [2.05, 4.69) is 0 Å². The van der Waals surface area contributed by atoms with Gasteiger partial charge in [0.1, 0.15) is 35.6 Å². The minimum Gasteiger partial charge on any atom is -0.463 e. The van der Waals surface area contributed by atoms with Gasteiger partial charge in [0.2, 0.25) is 0 Å². The van der Waals surface area contributed by atoms with Gasteiger partial charge >= 0.3 is 36.4 Å². The highest BCUT2D eigenvalue weighted by Gasteiger charge is 2.16. The van der Waals surface area contributed by atoms with Crippen LogP contribution in [0.15, 0.2) is 42.5 Å². The van der Waals surface area contributed by atoms with Crippen molar-refractivity contribution in [3.05, 3.63) is 53.6 Å². The topological polar surface area (TPSA) is 185 Å². The van der Waals surface area contributed by atoms with E-state index in [9.17, 15) is 28.8 Å². The van der Waals surface area contributed by atoms with Crippen molar-refractivity contribution in [2.45, 2.75) is 98.4 Å². The Morgan fingerprint density at radius 2 is 0.830 bits per heavy atom. The number of esters is 3. The fourth-order valence-electron chi connectivity index (χ4n) is 4.05. The molecule has 0 bridgehead atoms. The van der Waals surface area contributed by atoms with Crippen LogP contribution in [0.2, 0.25) is 0 Å². The van der Waals surface area contributed by atoms with Crippen molar-refractivity contribution in [1.82, 2.24) is 0 Å². The zero-order valence-electron chi connectivity index (χ0n) is 30.9. The van der Waals surface area contributed by atoms with Crippen LogP contribution < -0.4 is 14.2 Å². The molecule has 2 rings (SSSR count). The Morgan fingerprint density at radius 3 is 1.19 bits per heavy atom. The summed E-state index contributed by atoms with van der Waals surface area (Å²) in [7, 11) is 0. The fraction of sp³-hybridized carbons (Fsp3) is 0.474. The summed E-state index contributed by atoms with van der Waals surface area (Å²) in [6.45, 7) is 9.93. The summed E-state index contributed by atoms with van der Waals surface area (Å²) < 4.78 is 46.6. The Morgan fingerprint density at radius 1 is 0.491 bits per heavy atom. The third-order valence-corrected chi connectivity index (χ3v) is 6.95. The lowest BCUT2D eigenvalue weighted by Gasteiger charge is -2.13. The van der Waals surface area contributed by atoms with Crippen molar-refractivity contribution in [2.24, 2.45) is 0 Å². The van der Waals surface area contributed by atoms with Gasteiger partial charge in [0.25, 0.3) is 0 Å². The zero-order chi connectivity index (χ0) is 39.2. The summed E-state index contributed by atoms with van der Waals surface area (Å²) >= 11 is 0. The SMILES string of the molecule is CCC(=O)O[C@H](C)CCOC(=O)Oc1ccc(/C=C/c2cc(OC(=O)OCC[C@@H](C)OC(=O)CC)cc(OC(=O)OCC[C@@H](C)OC(=O)CC)c2)cc1. The monoisotopic (exact) mass is 744 g/mol. The summed E-state index contributed by atoms with van der Waals surface area (Å²) in [4.78, 5) is 71.2. The average molecular weight is 745 g/mol. The van der Waals surface area contributed by atoms with Crippen molar-refractivity contribution in [3.63, 3.8) is 0 Å². The molecule has 3 atom stereocenters. The minimum absolute atomic E-state index is 0.00644. The lowest BCUT2D eigenvalue weighted by Crippen LogP contribution is -2.19. The predicted molar refractivity (Wildman–Crippen MR) is 189 cm³/mol. The maximum atomic E-state index is 12.4. The molecule has 15 heteroatoms. The third kappa shape index (κ3) is 19.0. The first-order valence-corrected chi connectivity index (χ1v) is 17.4. The molecule has 2 aromatic carbocycles. The number of hydrogen-bond donors (Lipinski definition) is 0. The number of ether oxygens (including phenoxy) is 9. The van der Waals surface area contributed by atoms with Crippen LogP contribution in [-0.4, -0.2) is 74.5 Å². The molecule has 0 radical (unpaired) electrons. The zero-order valence-corrected chi connectivity index (χ0v) is 30.9. The molecule has 15 nitrogen and oxygen atoms in total. The van der Waals surface area contributed by atoms with Crippen LogP contribution in [0.25, 0.3) is 12.2 Å². The second-order valence-electron chi connectivity index (χ2n) is 11.6. The van der Waals surface area contributed by atoms with E-state index in [0.29, 0.717) is 17.5 Å². The average Bonchev–Trinajstić information content (AvgIpc) is 3.10. The highest BCUT2D eigenvalue weighted by molar-refractivity contribution is 5.74. The van der Waals surface area contributed by atoms with Crippen LogP contribution in [0.4, 0.5) is 14.4 Å². The first-order chi connectivity index (χ1) is 25.3. The van der Waals surface area contributed by atoms with Crippen LogP contribution in [0.3, 0.4) is 0 Å². The Bertz CT molecular complexity index is 1470. The molecule has 0 aromatic heterocycles. The lowest BCUT2D eigenvalue weighted by molar-refractivity contribution is -0.149. The van der Waals surface area contributed by atoms with E-state index in [1.807, 2.05) is 0 Å². The number of hydrogen-bond acceptors (Lipinski definition) is 15. The van der Waals surface area contributed by atoms with Crippen molar-refractivity contribution >= 4 is 48.5 Å². The summed E-state index contributed by atoms with van der Waals surface area (Å²) in [6.07, 6.45) is 0.565. The summed E-state index contributed by atoms with van der Waals surface area (Å²) in [5.74, 6) is -0.862. The van der Waals surface area contributed by atoms with Crippen LogP contribution in [0.5, 0.6) is 17.2 Å². The molecular formula is C38H48O15. The third-order valence-electron chi connectivity index (χ3n) is 6.95. The number of rotatable bonds is 20. The van der Waals surface area contributed by atoms with Crippen LogP contribution in [0.1, 0.15) is 91.2 Å². The van der Waals surface area contributed by atoms with Gasteiger partial charge in [-0.2, -0.15) is 0 Å².